The van der Waals surface area contributed by atoms with Crippen molar-refractivity contribution in [1.82, 2.24) is 0 Å². The van der Waals surface area contributed by atoms with Gasteiger partial charge in [0.2, 0.25) is 0 Å². The van der Waals surface area contributed by atoms with Crippen LogP contribution in [0.4, 0.5) is 4.39 Å². The number of hydrogen-bond acceptors (Lipinski definition) is 4. The van der Waals surface area contributed by atoms with Gasteiger partial charge in [0, 0.05) is 6.42 Å². The molecule has 3 rings (SSSR count). The predicted molar refractivity (Wildman–Crippen MR) is 72.3 cm³/mol. The number of hydrogen-bond donors (Lipinski definition) is 0. The molecular weight excluding hydrogens is 265 g/mol. The van der Waals surface area contributed by atoms with E-state index in [4.69, 9.17) is 9.57 Å². The lowest BCUT2D eigenvalue weighted by atomic mass is 10.0. The maximum atomic E-state index is 14.1. The highest BCUT2D eigenvalue weighted by Gasteiger charge is 2.27. The lowest BCUT2D eigenvalue weighted by molar-refractivity contribution is 0.0812. The van der Waals surface area contributed by atoms with Crippen molar-refractivity contribution in [3.05, 3.63) is 47.1 Å². The van der Waals surface area contributed by atoms with Crippen LogP contribution in [0.5, 0.6) is 10.8 Å². The van der Waals surface area contributed by atoms with Gasteiger partial charge in [-0.2, -0.15) is 0 Å². The molecule has 0 spiro atoms. The Morgan fingerprint density at radius 1 is 1.37 bits per heavy atom. The van der Waals surface area contributed by atoms with Gasteiger partial charge in [0.1, 0.15) is 11.6 Å². The summed E-state index contributed by atoms with van der Waals surface area (Å²) in [6, 6.07) is 8.52. The van der Waals surface area contributed by atoms with E-state index in [2.05, 4.69) is 5.16 Å². The summed E-state index contributed by atoms with van der Waals surface area (Å²) in [5.74, 6) is 0.154. The highest BCUT2D eigenvalue weighted by atomic mass is 32.1. The van der Waals surface area contributed by atoms with E-state index >= 15 is 0 Å². The van der Waals surface area contributed by atoms with Crippen LogP contribution in [0.25, 0.3) is 0 Å². The molecular formula is C14H12FNO2S. The standard InChI is InChI=1S/C14H12FNO2S/c1-9-8-12(18-16-9)14-10(15)4-2-5-11(14)17-13-6-3-7-19-13/h2-7,12H,8H2,1H3/t12-/m1/s1. The number of oxime groups is 1. The minimum absolute atomic E-state index is 0.330. The minimum atomic E-state index is -0.406. The predicted octanol–water partition coefficient (Wildman–Crippen LogP) is 4.52. The Labute approximate surface area is 114 Å². The summed E-state index contributed by atoms with van der Waals surface area (Å²) >= 11 is 1.46. The highest BCUT2D eigenvalue weighted by Crippen LogP contribution is 2.38. The van der Waals surface area contributed by atoms with Crippen molar-refractivity contribution in [3.8, 4) is 10.8 Å². The molecule has 5 heteroatoms. The summed E-state index contributed by atoms with van der Waals surface area (Å²) in [6.07, 6.45) is 0.179. The zero-order valence-corrected chi connectivity index (χ0v) is 11.1. The van der Waals surface area contributed by atoms with Crippen LogP contribution in [-0.2, 0) is 4.84 Å². The van der Waals surface area contributed by atoms with Crippen molar-refractivity contribution in [2.24, 2.45) is 5.16 Å². The van der Waals surface area contributed by atoms with Crippen molar-refractivity contribution in [1.29, 1.82) is 0 Å². The Kier molecular flexibility index (Phi) is 3.21. The molecule has 0 radical (unpaired) electrons. The third kappa shape index (κ3) is 2.46. The second-order valence-corrected chi connectivity index (χ2v) is 5.22. The van der Waals surface area contributed by atoms with Gasteiger partial charge in [-0.25, -0.2) is 4.39 Å². The summed E-state index contributed by atoms with van der Waals surface area (Å²) in [5.41, 5.74) is 1.28. The van der Waals surface area contributed by atoms with Crippen LogP contribution in [0.15, 0.2) is 40.9 Å². The Balaban J connectivity index is 1.93. The molecule has 0 fully saturated rings. The molecule has 0 bridgehead atoms. The van der Waals surface area contributed by atoms with Gasteiger partial charge in [0.05, 0.1) is 11.3 Å². The van der Waals surface area contributed by atoms with Crippen molar-refractivity contribution < 1.29 is 14.0 Å². The third-order valence-corrected chi connectivity index (χ3v) is 3.60. The van der Waals surface area contributed by atoms with E-state index in [0.29, 0.717) is 17.7 Å². The van der Waals surface area contributed by atoms with Gasteiger partial charge in [0.15, 0.2) is 11.2 Å². The molecule has 0 saturated carbocycles. The van der Waals surface area contributed by atoms with Crippen molar-refractivity contribution in [2.75, 3.05) is 0 Å². The molecule has 1 atom stereocenters. The van der Waals surface area contributed by atoms with Gasteiger partial charge in [-0.1, -0.05) is 11.2 Å². The Hall–Kier alpha value is -1.88. The summed E-state index contributed by atoms with van der Waals surface area (Å²) in [4.78, 5) is 5.26. The number of ether oxygens (including phenoxy) is 1. The molecule has 0 amide bonds. The van der Waals surface area contributed by atoms with Crippen molar-refractivity contribution in [3.63, 3.8) is 0 Å². The molecule has 98 valence electrons. The van der Waals surface area contributed by atoms with Gasteiger partial charge in [-0.15, -0.1) is 11.3 Å². The van der Waals surface area contributed by atoms with E-state index in [1.54, 1.807) is 12.1 Å². The molecule has 2 heterocycles. The topological polar surface area (TPSA) is 30.8 Å². The molecule has 0 unspecified atom stereocenters. The maximum Gasteiger partial charge on any atom is 0.180 e. The molecule has 1 aromatic heterocycles. The van der Waals surface area contributed by atoms with Gasteiger partial charge in [-0.3, -0.25) is 0 Å². The number of benzene rings is 1. The second kappa shape index (κ2) is 5.01. The van der Waals surface area contributed by atoms with Gasteiger partial charge in [-0.05, 0) is 36.6 Å². The van der Waals surface area contributed by atoms with E-state index in [1.165, 1.54) is 17.4 Å². The summed E-state index contributed by atoms with van der Waals surface area (Å²) in [7, 11) is 0. The molecule has 0 aliphatic carbocycles. The zero-order valence-electron chi connectivity index (χ0n) is 10.3. The lowest BCUT2D eigenvalue weighted by Gasteiger charge is -2.14. The summed E-state index contributed by atoms with van der Waals surface area (Å²) in [6.45, 7) is 1.86. The largest absolute Gasteiger partial charge is 0.446 e. The van der Waals surface area contributed by atoms with Crippen LogP contribution in [0.2, 0.25) is 0 Å². The normalized spacial score (nSPS) is 18.0. The van der Waals surface area contributed by atoms with E-state index in [-0.39, 0.29) is 5.82 Å². The third-order valence-electron chi connectivity index (χ3n) is 2.86. The number of nitrogens with zero attached hydrogens (tertiary/aromatic N) is 1. The van der Waals surface area contributed by atoms with E-state index in [0.717, 1.165) is 10.8 Å². The molecule has 2 aromatic rings. The molecule has 0 N–H and O–H groups in total. The first-order valence-electron chi connectivity index (χ1n) is 5.93. The first kappa shape index (κ1) is 12.2. The SMILES string of the molecule is CC1=NO[C@@H](c2c(F)cccc2Oc2cccs2)C1. The van der Waals surface area contributed by atoms with Crippen LogP contribution in [0.1, 0.15) is 25.0 Å². The number of thiophene rings is 1. The number of halogens is 1. The van der Waals surface area contributed by atoms with Crippen LogP contribution in [0.3, 0.4) is 0 Å². The monoisotopic (exact) mass is 277 g/mol. The fraction of sp³-hybridized carbons (Fsp3) is 0.214. The minimum Gasteiger partial charge on any atom is -0.446 e. The Bertz CT molecular complexity index is 610. The molecule has 19 heavy (non-hydrogen) atoms. The Morgan fingerprint density at radius 3 is 2.95 bits per heavy atom. The quantitative estimate of drug-likeness (QED) is 0.826. The zero-order chi connectivity index (χ0) is 13.2. The lowest BCUT2D eigenvalue weighted by Crippen LogP contribution is -2.03. The van der Waals surface area contributed by atoms with Crippen LogP contribution in [-0.4, -0.2) is 5.71 Å². The van der Waals surface area contributed by atoms with Gasteiger partial charge < -0.3 is 9.57 Å². The summed E-state index contributed by atoms with van der Waals surface area (Å²) < 4.78 is 19.8. The van der Waals surface area contributed by atoms with E-state index in [1.807, 2.05) is 24.4 Å². The van der Waals surface area contributed by atoms with E-state index < -0.39 is 6.10 Å². The maximum absolute atomic E-state index is 14.1. The van der Waals surface area contributed by atoms with Gasteiger partial charge in [0.25, 0.3) is 0 Å². The molecule has 3 nitrogen and oxygen atoms in total. The van der Waals surface area contributed by atoms with Crippen LogP contribution in [0, 0.1) is 5.82 Å². The van der Waals surface area contributed by atoms with Crippen LogP contribution >= 0.6 is 11.3 Å². The van der Waals surface area contributed by atoms with Gasteiger partial charge >= 0.3 is 0 Å². The fourth-order valence-electron chi connectivity index (χ4n) is 2.00. The first-order chi connectivity index (χ1) is 9.24. The molecule has 1 aliphatic rings. The molecule has 0 saturated heterocycles. The van der Waals surface area contributed by atoms with Crippen molar-refractivity contribution in [2.45, 2.75) is 19.4 Å². The smallest absolute Gasteiger partial charge is 0.180 e. The molecule has 1 aromatic carbocycles. The Morgan fingerprint density at radius 2 is 2.26 bits per heavy atom. The van der Waals surface area contributed by atoms with Crippen LogP contribution < -0.4 is 4.74 Å². The fourth-order valence-corrected chi connectivity index (χ4v) is 2.59. The first-order valence-corrected chi connectivity index (χ1v) is 6.81. The molecule has 1 aliphatic heterocycles. The summed E-state index contributed by atoms with van der Waals surface area (Å²) in [5, 5.41) is 6.51. The van der Waals surface area contributed by atoms with Crippen molar-refractivity contribution >= 4 is 17.0 Å². The highest BCUT2D eigenvalue weighted by molar-refractivity contribution is 7.11. The van der Waals surface area contributed by atoms with E-state index in [9.17, 15) is 4.39 Å². The average molecular weight is 277 g/mol. The average Bonchev–Trinajstić information content (AvgIpc) is 3.01. The second-order valence-electron chi connectivity index (χ2n) is 4.31. The number of rotatable bonds is 3.